The summed E-state index contributed by atoms with van der Waals surface area (Å²) in [6.07, 6.45) is 0.124. The monoisotopic (exact) mass is 354 g/mol. The number of benzene rings is 2. The van der Waals surface area contributed by atoms with Gasteiger partial charge in [-0.3, -0.25) is 9.59 Å². The van der Waals surface area contributed by atoms with Crippen molar-refractivity contribution in [3.63, 3.8) is 0 Å². The number of carbonyl (C=O) groups excluding carboxylic acids is 2. The third kappa shape index (κ3) is 3.64. The van der Waals surface area contributed by atoms with Crippen molar-refractivity contribution in [2.75, 3.05) is 23.4 Å². The Hall–Kier alpha value is -3.02. The van der Waals surface area contributed by atoms with Crippen molar-refractivity contribution in [2.24, 2.45) is 5.92 Å². The zero-order chi connectivity index (χ0) is 18.7. The van der Waals surface area contributed by atoms with Crippen LogP contribution in [0.15, 0.2) is 42.5 Å². The minimum absolute atomic E-state index is 0.0150. The number of nitrogens with one attached hydrogen (secondary N) is 1. The van der Waals surface area contributed by atoms with Crippen LogP contribution in [0.2, 0.25) is 0 Å². The summed E-state index contributed by atoms with van der Waals surface area (Å²) in [5, 5.41) is 12.7. The van der Waals surface area contributed by atoms with E-state index in [4.69, 9.17) is 4.74 Å². The Morgan fingerprint density at radius 3 is 2.81 bits per heavy atom. The Bertz CT molecular complexity index is 834. The largest absolute Gasteiger partial charge is 0.506 e. The van der Waals surface area contributed by atoms with E-state index in [1.54, 1.807) is 23.1 Å². The van der Waals surface area contributed by atoms with E-state index in [2.05, 4.69) is 5.32 Å². The predicted molar refractivity (Wildman–Crippen MR) is 99.5 cm³/mol. The van der Waals surface area contributed by atoms with Crippen molar-refractivity contribution >= 4 is 23.2 Å². The number of hydrogen-bond acceptors (Lipinski definition) is 4. The van der Waals surface area contributed by atoms with Crippen LogP contribution in [0, 0.1) is 12.8 Å². The standard InChI is InChI=1S/C20H22N2O4/c1-3-26-18-7-5-4-6-16(18)22-12-14(11-19(22)24)20(25)21-15-9-8-13(2)10-17(15)23/h4-10,14,23H,3,11-12H2,1-2H3,(H,21,25). The number of ether oxygens (including phenoxy) is 1. The molecule has 1 atom stereocenters. The van der Waals surface area contributed by atoms with Gasteiger partial charge in [-0.1, -0.05) is 18.2 Å². The number of phenols is 1. The van der Waals surface area contributed by atoms with Crippen molar-refractivity contribution in [1.82, 2.24) is 0 Å². The maximum Gasteiger partial charge on any atom is 0.229 e. The van der Waals surface area contributed by atoms with E-state index in [9.17, 15) is 14.7 Å². The van der Waals surface area contributed by atoms with E-state index in [1.807, 2.05) is 38.1 Å². The van der Waals surface area contributed by atoms with Gasteiger partial charge in [0.05, 0.1) is 23.9 Å². The van der Waals surface area contributed by atoms with E-state index >= 15 is 0 Å². The lowest BCUT2D eigenvalue weighted by molar-refractivity contribution is -0.122. The second kappa shape index (κ2) is 7.47. The molecular weight excluding hydrogens is 332 g/mol. The van der Waals surface area contributed by atoms with Gasteiger partial charge in [-0.15, -0.1) is 0 Å². The molecule has 1 fully saturated rings. The molecule has 2 aromatic rings. The Kier molecular flexibility index (Phi) is 5.11. The molecule has 2 N–H and O–H groups in total. The third-order valence-electron chi connectivity index (χ3n) is 4.36. The molecule has 1 aliphatic rings. The molecular formula is C20H22N2O4. The summed E-state index contributed by atoms with van der Waals surface area (Å²) in [5.74, 6) is -0.251. The summed E-state index contributed by atoms with van der Waals surface area (Å²) in [6.45, 7) is 4.51. The summed E-state index contributed by atoms with van der Waals surface area (Å²) in [7, 11) is 0. The molecule has 0 aromatic heterocycles. The maximum absolute atomic E-state index is 12.6. The van der Waals surface area contributed by atoms with Crippen LogP contribution in [-0.2, 0) is 9.59 Å². The molecule has 136 valence electrons. The Morgan fingerprint density at radius 2 is 2.08 bits per heavy atom. The van der Waals surface area contributed by atoms with Gasteiger partial charge in [-0.2, -0.15) is 0 Å². The molecule has 1 heterocycles. The van der Waals surface area contributed by atoms with Crippen LogP contribution < -0.4 is 15.0 Å². The van der Waals surface area contributed by atoms with E-state index in [0.717, 1.165) is 5.56 Å². The summed E-state index contributed by atoms with van der Waals surface area (Å²) in [6, 6.07) is 12.3. The lowest BCUT2D eigenvalue weighted by Gasteiger charge is -2.20. The average molecular weight is 354 g/mol. The van der Waals surface area contributed by atoms with Crippen molar-refractivity contribution in [2.45, 2.75) is 20.3 Å². The highest BCUT2D eigenvalue weighted by atomic mass is 16.5. The van der Waals surface area contributed by atoms with Gasteiger partial charge in [0.2, 0.25) is 11.8 Å². The van der Waals surface area contributed by atoms with Crippen LogP contribution in [0.4, 0.5) is 11.4 Å². The first-order chi connectivity index (χ1) is 12.5. The zero-order valence-electron chi connectivity index (χ0n) is 14.9. The highest BCUT2D eigenvalue weighted by Crippen LogP contribution is 2.34. The van der Waals surface area contributed by atoms with Gasteiger partial charge in [0.15, 0.2) is 0 Å². The quantitative estimate of drug-likeness (QED) is 0.809. The van der Waals surface area contributed by atoms with Gasteiger partial charge in [0.1, 0.15) is 11.5 Å². The Balaban J connectivity index is 1.74. The van der Waals surface area contributed by atoms with Gasteiger partial charge < -0.3 is 20.1 Å². The Labute approximate surface area is 152 Å². The lowest BCUT2D eigenvalue weighted by Crippen LogP contribution is -2.28. The minimum Gasteiger partial charge on any atom is -0.506 e. The van der Waals surface area contributed by atoms with Gasteiger partial charge >= 0.3 is 0 Å². The normalized spacial score (nSPS) is 16.6. The smallest absolute Gasteiger partial charge is 0.229 e. The fourth-order valence-electron chi connectivity index (χ4n) is 3.06. The molecule has 0 radical (unpaired) electrons. The first-order valence-corrected chi connectivity index (χ1v) is 8.62. The van der Waals surface area contributed by atoms with Gasteiger partial charge in [0, 0.05) is 13.0 Å². The van der Waals surface area contributed by atoms with Crippen molar-refractivity contribution in [1.29, 1.82) is 0 Å². The van der Waals surface area contributed by atoms with Crippen molar-refractivity contribution in [3.05, 3.63) is 48.0 Å². The van der Waals surface area contributed by atoms with E-state index in [0.29, 0.717) is 23.7 Å². The van der Waals surface area contributed by atoms with Crippen LogP contribution >= 0.6 is 0 Å². The zero-order valence-corrected chi connectivity index (χ0v) is 14.9. The van der Waals surface area contributed by atoms with Crippen LogP contribution in [-0.4, -0.2) is 30.1 Å². The maximum atomic E-state index is 12.6. The number of hydrogen-bond donors (Lipinski definition) is 2. The molecule has 2 aromatic carbocycles. The van der Waals surface area contributed by atoms with Gasteiger partial charge in [-0.05, 0) is 43.7 Å². The van der Waals surface area contributed by atoms with Crippen LogP contribution in [0.25, 0.3) is 0 Å². The number of anilines is 2. The number of nitrogens with zero attached hydrogens (tertiary/aromatic N) is 1. The molecule has 2 amide bonds. The highest BCUT2D eigenvalue weighted by molar-refractivity contribution is 6.04. The number of amides is 2. The fraction of sp³-hybridized carbons (Fsp3) is 0.300. The summed E-state index contributed by atoms with van der Waals surface area (Å²) in [5.41, 5.74) is 1.92. The average Bonchev–Trinajstić information content (AvgIpc) is 3.00. The molecule has 6 nitrogen and oxygen atoms in total. The molecule has 0 spiro atoms. The summed E-state index contributed by atoms with van der Waals surface area (Å²) >= 11 is 0. The number of aryl methyl sites for hydroxylation is 1. The molecule has 1 unspecified atom stereocenters. The topological polar surface area (TPSA) is 78.9 Å². The molecule has 1 saturated heterocycles. The summed E-state index contributed by atoms with van der Waals surface area (Å²) < 4.78 is 5.59. The van der Waals surface area contributed by atoms with Crippen LogP contribution in [0.5, 0.6) is 11.5 Å². The molecule has 0 aliphatic carbocycles. The number of para-hydroxylation sites is 2. The second-order valence-electron chi connectivity index (χ2n) is 6.32. The van der Waals surface area contributed by atoms with E-state index in [1.165, 1.54) is 0 Å². The first kappa shape index (κ1) is 17.8. The van der Waals surface area contributed by atoms with E-state index in [-0.39, 0.29) is 30.5 Å². The third-order valence-corrected chi connectivity index (χ3v) is 4.36. The molecule has 1 aliphatic heterocycles. The number of aromatic hydroxyl groups is 1. The number of rotatable bonds is 5. The van der Waals surface area contributed by atoms with Gasteiger partial charge in [-0.25, -0.2) is 0 Å². The highest BCUT2D eigenvalue weighted by Gasteiger charge is 2.36. The molecule has 6 heteroatoms. The fourth-order valence-corrected chi connectivity index (χ4v) is 3.06. The molecule has 3 rings (SSSR count). The number of phenolic OH excluding ortho intramolecular Hbond substituents is 1. The molecule has 26 heavy (non-hydrogen) atoms. The number of carbonyl (C=O) groups is 2. The van der Waals surface area contributed by atoms with Crippen LogP contribution in [0.1, 0.15) is 18.9 Å². The van der Waals surface area contributed by atoms with Crippen molar-refractivity contribution in [3.8, 4) is 11.5 Å². The van der Waals surface area contributed by atoms with Gasteiger partial charge in [0.25, 0.3) is 0 Å². The predicted octanol–water partition coefficient (Wildman–Crippen LogP) is 3.09. The lowest BCUT2D eigenvalue weighted by atomic mass is 10.1. The second-order valence-corrected chi connectivity index (χ2v) is 6.32. The SMILES string of the molecule is CCOc1ccccc1N1CC(C(=O)Nc2ccc(C)cc2O)CC1=O. The first-order valence-electron chi connectivity index (χ1n) is 8.62. The molecule has 0 saturated carbocycles. The van der Waals surface area contributed by atoms with Crippen LogP contribution in [0.3, 0.4) is 0 Å². The summed E-state index contributed by atoms with van der Waals surface area (Å²) in [4.78, 5) is 26.6. The van der Waals surface area contributed by atoms with E-state index < -0.39 is 5.92 Å². The Morgan fingerprint density at radius 1 is 1.31 bits per heavy atom. The van der Waals surface area contributed by atoms with Crippen molar-refractivity contribution < 1.29 is 19.4 Å². The minimum atomic E-state index is -0.488. The molecule has 0 bridgehead atoms.